The fourth-order valence-electron chi connectivity index (χ4n) is 2.14. The molecule has 3 aromatic rings. The molecule has 22 heavy (non-hydrogen) atoms. The van der Waals surface area contributed by atoms with Crippen LogP contribution < -0.4 is 0 Å². The van der Waals surface area contributed by atoms with Crippen molar-refractivity contribution >= 4 is 11.8 Å². The van der Waals surface area contributed by atoms with Crippen molar-refractivity contribution in [3.8, 4) is 5.69 Å². The molecule has 0 aliphatic heterocycles. The second-order valence-electron chi connectivity index (χ2n) is 5.08. The van der Waals surface area contributed by atoms with Crippen molar-refractivity contribution in [3.63, 3.8) is 0 Å². The first-order valence-corrected chi connectivity index (χ1v) is 7.85. The summed E-state index contributed by atoms with van der Waals surface area (Å²) in [5, 5.41) is 12.6. The molecule has 0 saturated carbocycles. The van der Waals surface area contributed by atoms with Crippen LogP contribution in [0.2, 0.25) is 0 Å². The summed E-state index contributed by atoms with van der Waals surface area (Å²) in [6.07, 6.45) is 0. The number of benzene rings is 2. The van der Waals surface area contributed by atoms with E-state index < -0.39 is 0 Å². The minimum absolute atomic E-state index is 0.229. The van der Waals surface area contributed by atoms with E-state index >= 15 is 0 Å². The van der Waals surface area contributed by atoms with E-state index in [1.54, 1.807) is 10.7 Å². The lowest BCUT2D eigenvalue weighted by Gasteiger charge is -2.08. The Morgan fingerprint density at radius 2 is 2.00 bits per heavy atom. The number of aromatic nitrogens is 4. The molecule has 0 fully saturated rings. The summed E-state index contributed by atoms with van der Waals surface area (Å²) in [6.45, 7) is 4.06. The van der Waals surface area contributed by atoms with Gasteiger partial charge in [-0.05, 0) is 59.2 Å². The Hall–Kier alpha value is -2.21. The van der Waals surface area contributed by atoms with E-state index in [4.69, 9.17) is 0 Å². The molecule has 0 bridgehead atoms. The Kier molecular flexibility index (Phi) is 4.20. The van der Waals surface area contributed by atoms with Gasteiger partial charge in [-0.3, -0.25) is 0 Å². The van der Waals surface area contributed by atoms with E-state index in [1.807, 2.05) is 26.0 Å². The average Bonchev–Trinajstić information content (AvgIpc) is 2.96. The van der Waals surface area contributed by atoms with Crippen LogP contribution in [0, 0.1) is 19.7 Å². The first kappa shape index (κ1) is 14.7. The molecule has 0 spiro atoms. The molecule has 6 heteroatoms. The Balaban J connectivity index is 1.85. The average molecular weight is 314 g/mol. The highest BCUT2D eigenvalue weighted by Gasteiger charge is 2.11. The quantitative estimate of drug-likeness (QED) is 0.689. The highest BCUT2D eigenvalue weighted by Crippen LogP contribution is 2.24. The first-order valence-electron chi connectivity index (χ1n) is 6.87. The van der Waals surface area contributed by atoms with Crippen LogP contribution in [0.25, 0.3) is 5.69 Å². The van der Waals surface area contributed by atoms with Crippen molar-refractivity contribution in [2.75, 3.05) is 0 Å². The zero-order valence-corrected chi connectivity index (χ0v) is 13.1. The molecule has 0 amide bonds. The molecule has 0 saturated heterocycles. The van der Waals surface area contributed by atoms with Crippen molar-refractivity contribution in [2.24, 2.45) is 0 Å². The third kappa shape index (κ3) is 3.17. The van der Waals surface area contributed by atoms with E-state index in [-0.39, 0.29) is 5.82 Å². The van der Waals surface area contributed by atoms with Crippen LogP contribution in [0.5, 0.6) is 0 Å². The summed E-state index contributed by atoms with van der Waals surface area (Å²) >= 11 is 1.49. The second kappa shape index (κ2) is 6.27. The van der Waals surface area contributed by atoms with Crippen LogP contribution in [0.15, 0.2) is 47.6 Å². The molecule has 0 radical (unpaired) electrons. The number of aryl methyl sites for hydroxylation is 2. The summed E-state index contributed by atoms with van der Waals surface area (Å²) in [7, 11) is 0. The van der Waals surface area contributed by atoms with Gasteiger partial charge in [-0.15, -0.1) is 5.10 Å². The third-order valence-corrected chi connectivity index (χ3v) is 4.28. The zero-order chi connectivity index (χ0) is 15.5. The Bertz CT molecular complexity index is 800. The van der Waals surface area contributed by atoms with E-state index in [1.165, 1.54) is 23.9 Å². The number of rotatable bonds is 4. The molecule has 0 aliphatic rings. The highest BCUT2D eigenvalue weighted by molar-refractivity contribution is 7.98. The summed E-state index contributed by atoms with van der Waals surface area (Å²) < 4.78 is 14.9. The normalized spacial score (nSPS) is 10.9. The van der Waals surface area contributed by atoms with Gasteiger partial charge in [-0.2, -0.15) is 4.68 Å². The highest BCUT2D eigenvalue weighted by atomic mass is 32.2. The molecule has 2 aromatic carbocycles. The molecule has 0 aliphatic carbocycles. The smallest absolute Gasteiger partial charge is 0.207 e. The van der Waals surface area contributed by atoms with Gasteiger partial charge in [0.25, 0.3) is 0 Å². The summed E-state index contributed by atoms with van der Waals surface area (Å²) in [6, 6.07) is 12.7. The molecule has 4 nitrogen and oxygen atoms in total. The van der Waals surface area contributed by atoms with Crippen molar-refractivity contribution < 1.29 is 4.39 Å². The van der Waals surface area contributed by atoms with Crippen molar-refractivity contribution in [1.82, 2.24) is 20.2 Å². The summed E-state index contributed by atoms with van der Waals surface area (Å²) in [5.74, 6) is 0.385. The van der Waals surface area contributed by atoms with Gasteiger partial charge in [-0.25, -0.2) is 4.39 Å². The molecule has 0 atom stereocenters. The van der Waals surface area contributed by atoms with E-state index in [0.717, 1.165) is 22.4 Å². The van der Waals surface area contributed by atoms with Gasteiger partial charge in [0, 0.05) is 5.75 Å². The lowest BCUT2D eigenvalue weighted by Crippen LogP contribution is -2.02. The van der Waals surface area contributed by atoms with Gasteiger partial charge in [-0.1, -0.05) is 36.0 Å². The van der Waals surface area contributed by atoms with Gasteiger partial charge >= 0.3 is 0 Å². The monoisotopic (exact) mass is 314 g/mol. The van der Waals surface area contributed by atoms with Crippen molar-refractivity contribution in [1.29, 1.82) is 0 Å². The minimum atomic E-state index is -0.229. The largest absolute Gasteiger partial charge is 0.214 e. The lowest BCUT2D eigenvalue weighted by molar-refractivity contribution is 0.626. The predicted octanol–water partition coefficient (Wildman–Crippen LogP) is 3.71. The van der Waals surface area contributed by atoms with Crippen molar-refractivity contribution in [3.05, 3.63) is 65.0 Å². The summed E-state index contributed by atoms with van der Waals surface area (Å²) in [5.41, 5.74) is 4.12. The van der Waals surface area contributed by atoms with Gasteiger partial charge in [0.05, 0.1) is 5.69 Å². The Morgan fingerprint density at radius 1 is 1.14 bits per heavy atom. The van der Waals surface area contributed by atoms with Crippen molar-refractivity contribution in [2.45, 2.75) is 24.8 Å². The fourth-order valence-corrected chi connectivity index (χ4v) is 2.97. The van der Waals surface area contributed by atoms with Gasteiger partial charge in [0.2, 0.25) is 5.16 Å². The molecule has 0 N–H and O–H groups in total. The minimum Gasteiger partial charge on any atom is -0.207 e. The maximum Gasteiger partial charge on any atom is 0.214 e. The maximum atomic E-state index is 13.2. The molecule has 1 aromatic heterocycles. The molecule has 0 unspecified atom stereocenters. The van der Waals surface area contributed by atoms with Crippen LogP contribution in [0.1, 0.15) is 16.7 Å². The maximum absolute atomic E-state index is 13.2. The van der Waals surface area contributed by atoms with E-state index in [2.05, 4.69) is 27.7 Å². The Morgan fingerprint density at radius 3 is 2.82 bits per heavy atom. The second-order valence-corrected chi connectivity index (χ2v) is 6.02. The van der Waals surface area contributed by atoms with Crippen LogP contribution in [0.4, 0.5) is 4.39 Å². The van der Waals surface area contributed by atoms with Gasteiger partial charge in [0.15, 0.2) is 0 Å². The fraction of sp³-hybridized carbons (Fsp3) is 0.188. The number of thioether (sulfide) groups is 1. The van der Waals surface area contributed by atoms with Crippen LogP contribution in [-0.2, 0) is 5.75 Å². The zero-order valence-electron chi connectivity index (χ0n) is 12.3. The molecule has 112 valence electrons. The standard InChI is InChI=1S/C16H15FN4S/c1-11-6-7-12(2)15(8-11)21-16(18-19-20-21)22-10-13-4-3-5-14(17)9-13/h3-9H,10H2,1-2H3. The SMILES string of the molecule is Cc1ccc(C)c(-n2nnnc2SCc2cccc(F)c2)c1. The van der Waals surface area contributed by atoms with Gasteiger partial charge < -0.3 is 0 Å². The topological polar surface area (TPSA) is 43.6 Å². The number of nitrogens with zero attached hydrogens (tertiary/aromatic N) is 4. The third-order valence-electron chi connectivity index (χ3n) is 3.29. The van der Waals surface area contributed by atoms with Crippen LogP contribution in [0.3, 0.4) is 0 Å². The number of halogens is 1. The molecule has 3 rings (SSSR count). The number of hydrogen-bond donors (Lipinski definition) is 0. The van der Waals surface area contributed by atoms with Crippen LogP contribution in [-0.4, -0.2) is 20.2 Å². The lowest BCUT2D eigenvalue weighted by atomic mass is 10.1. The first-order chi connectivity index (χ1) is 10.6. The predicted molar refractivity (Wildman–Crippen MR) is 84.6 cm³/mol. The summed E-state index contributed by atoms with van der Waals surface area (Å²) in [4.78, 5) is 0. The molecule has 1 heterocycles. The van der Waals surface area contributed by atoms with E-state index in [9.17, 15) is 4.39 Å². The van der Waals surface area contributed by atoms with Gasteiger partial charge in [0.1, 0.15) is 5.82 Å². The van der Waals surface area contributed by atoms with E-state index in [0.29, 0.717) is 10.9 Å². The van der Waals surface area contributed by atoms with Crippen LogP contribution >= 0.6 is 11.8 Å². The number of tetrazole rings is 1. The number of hydrogen-bond acceptors (Lipinski definition) is 4. The molecular formula is C16H15FN4S. The molecular weight excluding hydrogens is 299 g/mol. The Labute approximate surface area is 132 Å².